The third kappa shape index (κ3) is 7.41. The van der Waals surface area contributed by atoms with Crippen LogP contribution in [0, 0.1) is 0 Å². The van der Waals surface area contributed by atoms with Crippen molar-refractivity contribution >= 4 is 11.8 Å². The van der Waals surface area contributed by atoms with Gasteiger partial charge in [0.2, 0.25) is 5.91 Å². The zero-order valence-electron chi connectivity index (χ0n) is 19.5. The van der Waals surface area contributed by atoms with Crippen LogP contribution in [0.1, 0.15) is 49.9 Å². The molecule has 1 heterocycles. The Morgan fingerprint density at radius 3 is 2.33 bits per heavy atom. The number of carbonyl (C=O) groups excluding carboxylic acids is 2. The molecule has 1 fully saturated rings. The van der Waals surface area contributed by atoms with Gasteiger partial charge in [0.05, 0.1) is 19.8 Å². The van der Waals surface area contributed by atoms with Crippen LogP contribution in [0.3, 0.4) is 0 Å². The molecule has 7 heteroatoms. The van der Waals surface area contributed by atoms with Crippen LogP contribution in [0.25, 0.3) is 0 Å². The van der Waals surface area contributed by atoms with Gasteiger partial charge in [-0.2, -0.15) is 0 Å². The largest absolute Gasteiger partial charge is 0.494 e. The number of likely N-dealkylation sites (tertiary alicyclic amines) is 1. The van der Waals surface area contributed by atoms with E-state index in [1.165, 1.54) is 0 Å². The molecule has 3 rings (SSSR count). The fourth-order valence-corrected chi connectivity index (χ4v) is 3.63. The van der Waals surface area contributed by atoms with Gasteiger partial charge in [0.15, 0.2) is 11.5 Å². The fourth-order valence-electron chi connectivity index (χ4n) is 3.63. The number of ether oxygens (including phenoxy) is 3. The molecular weight excluding hydrogens is 420 g/mol. The summed E-state index contributed by atoms with van der Waals surface area (Å²) in [6, 6.07) is 14.6. The Hall–Kier alpha value is -3.22. The van der Waals surface area contributed by atoms with Crippen LogP contribution in [-0.4, -0.2) is 55.7 Å². The average molecular weight is 455 g/mol. The van der Waals surface area contributed by atoms with E-state index < -0.39 is 0 Å². The van der Waals surface area contributed by atoms with Crippen LogP contribution in [0.4, 0.5) is 0 Å². The molecule has 1 aliphatic rings. The number of amides is 2. The van der Waals surface area contributed by atoms with Crippen molar-refractivity contribution in [2.45, 2.75) is 45.6 Å². The van der Waals surface area contributed by atoms with Gasteiger partial charge in [-0.25, -0.2) is 0 Å². The molecule has 0 bridgehead atoms. The molecule has 2 amide bonds. The van der Waals surface area contributed by atoms with Crippen molar-refractivity contribution in [1.82, 2.24) is 10.2 Å². The molecule has 0 atom stereocenters. The molecule has 0 unspecified atom stereocenters. The third-order valence-corrected chi connectivity index (χ3v) is 5.52. The van der Waals surface area contributed by atoms with Gasteiger partial charge in [-0.3, -0.25) is 9.59 Å². The number of hydrogen-bond donors (Lipinski definition) is 1. The maximum Gasteiger partial charge on any atom is 0.251 e. The quantitative estimate of drug-likeness (QED) is 0.518. The molecule has 0 aromatic heterocycles. The summed E-state index contributed by atoms with van der Waals surface area (Å²) < 4.78 is 17.4. The minimum absolute atomic E-state index is 0.0215. The minimum atomic E-state index is -0.269. The normalized spacial score (nSPS) is 13.9. The van der Waals surface area contributed by atoms with E-state index in [1.807, 2.05) is 31.2 Å². The standard InChI is InChI=1S/C26H34N2O5/c1-3-5-18-32-21-12-10-20(11-13-21)26(30)27-19-25(29)28-16-14-22(15-17-28)33-24-9-7-6-8-23(24)31-4-2/h6-13,22H,3-5,14-19H2,1-2H3,(H,27,30). The number of carbonyl (C=O) groups is 2. The second-order valence-electron chi connectivity index (χ2n) is 7.99. The first-order valence-corrected chi connectivity index (χ1v) is 11.8. The summed E-state index contributed by atoms with van der Waals surface area (Å²) >= 11 is 0. The lowest BCUT2D eigenvalue weighted by Crippen LogP contribution is -2.46. The summed E-state index contributed by atoms with van der Waals surface area (Å²) in [5, 5.41) is 2.72. The lowest BCUT2D eigenvalue weighted by atomic mass is 10.1. The van der Waals surface area contributed by atoms with Gasteiger partial charge < -0.3 is 24.4 Å². The number of nitrogens with one attached hydrogen (secondary N) is 1. The smallest absolute Gasteiger partial charge is 0.251 e. The van der Waals surface area contributed by atoms with Crippen molar-refractivity contribution in [2.75, 3.05) is 32.8 Å². The SMILES string of the molecule is CCCCOc1ccc(C(=O)NCC(=O)N2CCC(Oc3ccccc3OCC)CC2)cc1. The van der Waals surface area contributed by atoms with Gasteiger partial charge >= 0.3 is 0 Å². The summed E-state index contributed by atoms with van der Waals surface area (Å²) in [6.45, 7) is 6.47. The van der Waals surface area contributed by atoms with Crippen LogP contribution < -0.4 is 19.5 Å². The highest BCUT2D eigenvalue weighted by Gasteiger charge is 2.25. The lowest BCUT2D eigenvalue weighted by molar-refractivity contribution is -0.131. The topological polar surface area (TPSA) is 77.1 Å². The first-order valence-electron chi connectivity index (χ1n) is 11.8. The predicted molar refractivity (Wildman–Crippen MR) is 127 cm³/mol. The molecule has 1 aliphatic heterocycles. The van der Waals surface area contributed by atoms with Gasteiger partial charge in [-0.05, 0) is 49.7 Å². The van der Waals surface area contributed by atoms with Crippen LogP contribution in [0.2, 0.25) is 0 Å². The number of nitrogens with zero attached hydrogens (tertiary/aromatic N) is 1. The van der Waals surface area contributed by atoms with E-state index >= 15 is 0 Å². The Kier molecular flexibility index (Phi) is 9.42. The summed E-state index contributed by atoms with van der Waals surface area (Å²) in [4.78, 5) is 26.7. The van der Waals surface area contributed by atoms with Gasteiger partial charge in [0.25, 0.3) is 5.91 Å². The zero-order chi connectivity index (χ0) is 23.5. The summed E-state index contributed by atoms with van der Waals surface area (Å²) in [5.74, 6) is 1.86. The second kappa shape index (κ2) is 12.7. The van der Waals surface area contributed by atoms with Crippen LogP contribution >= 0.6 is 0 Å². The molecule has 178 valence electrons. The van der Waals surface area contributed by atoms with Gasteiger partial charge in [0, 0.05) is 31.5 Å². The highest BCUT2D eigenvalue weighted by molar-refractivity contribution is 5.96. The number of rotatable bonds is 11. The van der Waals surface area contributed by atoms with E-state index in [-0.39, 0.29) is 24.5 Å². The molecule has 1 saturated heterocycles. The van der Waals surface area contributed by atoms with E-state index in [4.69, 9.17) is 14.2 Å². The van der Waals surface area contributed by atoms with Gasteiger partial charge in [0.1, 0.15) is 11.9 Å². The Labute approximate surface area is 196 Å². The van der Waals surface area contributed by atoms with Gasteiger partial charge in [-0.1, -0.05) is 25.5 Å². The zero-order valence-corrected chi connectivity index (χ0v) is 19.5. The molecule has 33 heavy (non-hydrogen) atoms. The number of hydrogen-bond acceptors (Lipinski definition) is 5. The van der Waals surface area contributed by atoms with Crippen molar-refractivity contribution in [2.24, 2.45) is 0 Å². The fraction of sp³-hybridized carbons (Fsp3) is 0.462. The predicted octanol–water partition coefficient (Wildman–Crippen LogP) is 4.06. The Morgan fingerprint density at radius 1 is 0.970 bits per heavy atom. The maximum absolute atomic E-state index is 12.6. The van der Waals surface area contributed by atoms with Crippen molar-refractivity contribution in [3.63, 3.8) is 0 Å². The highest BCUT2D eigenvalue weighted by atomic mass is 16.5. The molecule has 0 aliphatic carbocycles. The maximum atomic E-state index is 12.6. The number of unbranched alkanes of at least 4 members (excludes halogenated alkanes) is 1. The van der Waals surface area contributed by atoms with Crippen LogP contribution in [-0.2, 0) is 4.79 Å². The Bertz CT molecular complexity index is 892. The van der Waals surface area contributed by atoms with E-state index in [0.29, 0.717) is 31.9 Å². The molecule has 2 aromatic carbocycles. The van der Waals surface area contributed by atoms with Crippen molar-refractivity contribution < 1.29 is 23.8 Å². The van der Waals surface area contributed by atoms with Crippen molar-refractivity contribution in [1.29, 1.82) is 0 Å². The van der Waals surface area contributed by atoms with E-state index in [9.17, 15) is 9.59 Å². The molecule has 0 radical (unpaired) electrons. The molecule has 2 aromatic rings. The Balaban J connectivity index is 1.41. The van der Waals surface area contributed by atoms with Crippen molar-refractivity contribution in [3.05, 3.63) is 54.1 Å². The van der Waals surface area contributed by atoms with Crippen LogP contribution in [0.5, 0.6) is 17.2 Å². The molecule has 1 N–H and O–H groups in total. The van der Waals surface area contributed by atoms with E-state index in [2.05, 4.69) is 12.2 Å². The summed E-state index contributed by atoms with van der Waals surface area (Å²) in [7, 11) is 0. The first-order chi connectivity index (χ1) is 16.1. The lowest BCUT2D eigenvalue weighted by Gasteiger charge is -2.32. The monoisotopic (exact) mass is 454 g/mol. The third-order valence-electron chi connectivity index (χ3n) is 5.52. The van der Waals surface area contributed by atoms with Gasteiger partial charge in [-0.15, -0.1) is 0 Å². The second-order valence-corrected chi connectivity index (χ2v) is 7.99. The molecule has 7 nitrogen and oxygen atoms in total. The number of para-hydroxylation sites is 2. The Morgan fingerprint density at radius 2 is 1.67 bits per heavy atom. The van der Waals surface area contributed by atoms with Crippen molar-refractivity contribution in [3.8, 4) is 17.2 Å². The first kappa shape index (κ1) is 24.4. The average Bonchev–Trinajstić information content (AvgIpc) is 2.85. The number of piperidine rings is 1. The molecule has 0 spiro atoms. The molecular formula is C26H34N2O5. The molecule has 0 saturated carbocycles. The number of benzene rings is 2. The summed E-state index contributed by atoms with van der Waals surface area (Å²) in [6.07, 6.45) is 3.57. The van der Waals surface area contributed by atoms with E-state index in [0.717, 1.165) is 42.9 Å². The van der Waals surface area contributed by atoms with Crippen LogP contribution in [0.15, 0.2) is 48.5 Å². The minimum Gasteiger partial charge on any atom is -0.494 e. The van der Waals surface area contributed by atoms with E-state index in [1.54, 1.807) is 29.2 Å². The summed E-state index contributed by atoms with van der Waals surface area (Å²) in [5.41, 5.74) is 0.505. The highest BCUT2D eigenvalue weighted by Crippen LogP contribution is 2.29.